The first kappa shape index (κ1) is 14.9. The van der Waals surface area contributed by atoms with E-state index in [9.17, 15) is 8.42 Å². The molecule has 0 aliphatic carbocycles. The molecule has 1 saturated heterocycles. The van der Waals surface area contributed by atoms with Gasteiger partial charge in [0.05, 0.1) is 18.1 Å². The summed E-state index contributed by atoms with van der Waals surface area (Å²) in [6.07, 6.45) is 0.979. The minimum Gasteiger partial charge on any atom is -0.383 e. The van der Waals surface area contributed by atoms with Gasteiger partial charge in [-0.3, -0.25) is 4.90 Å². The SMILES string of the molecule is CCC(C)N(CCOC)C1CS(=O)(=O)CC1N. The Hall–Kier alpha value is -0.170. The van der Waals surface area contributed by atoms with Gasteiger partial charge in [-0.2, -0.15) is 0 Å². The van der Waals surface area contributed by atoms with Crippen LogP contribution in [-0.2, 0) is 14.6 Å². The van der Waals surface area contributed by atoms with Crippen LogP contribution in [0.5, 0.6) is 0 Å². The molecule has 6 heteroatoms. The predicted octanol–water partition coefficient (Wildman–Crippen LogP) is -0.142. The van der Waals surface area contributed by atoms with Crippen LogP contribution < -0.4 is 5.73 Å². The summed E-state index contributed by atoms with van der Waals surface area (Å²) in [5.41, 5.74) is 5.96. The summed E-state index contributed by atoms with van der Waals surface area (Å²) in [6.45, 7) is 5.54. The minimum atomic E-state index is -2.96. The number of hydrogen-bond acceptors (Lipinski definition) is 5. The summed E-state index contributed by atoms with van der Waals surface area (Å²) in [5.74, 6) is 0.291. The van der Waals surface area contributed by atoms with Gasteiger partial charge >= 0.3 is 0 Å². The maximum atomic E-state index is 11.6. The maximum absolute atomic E-state index is 11.6. The lowest BCUT2D eigenvalue weighted by molar-refractivity contribution is 0.0906. The second-order valence-corrected chi connectivity index (χ2v) is 6.95. The topological polar surface area (TPSA) is 72.6 Å². The van der Waals surface area contributed by atoms with E-state index in [4.69, 9.17) is 10.5 Å². The number of methoxy groups -OCH3 is 1. The van der Waals surface area contributed by atoms with Crippen LogP contribution in [0.2, 0.25) is 0 Å². The fraction of sp³-hybridized carbons (Fsp3) is 1.00. The highest BCUT2D eigenvalue weighted by atomic mass is 32.2. The Labute approximate surface area is 104 Å². The highest BCUT2D eigenvalue weighted by Crippen LogP contribution is 2.20. The van der Waals surface area contributed by atoms with Crippen molar-refractivity contribution in [2.24, 2.45) is 5.73 Å². The number of nitrogens with zero attached hydrogens (tertiary/aromatic N) is 1. The molecule has 0 aromatic carbocycles. The van der Waals surface area contributed by atoms with Crippen LogP contribution in [0.1, 0.15) is 20.3 Å². The molecule has 2 N–H and O–H groups in total. The molecular weight excluding hydrogens is 240 g/mol. The van der Waals surface area contributed by atoms with Crippen molar-refractivity contribution in [3.05, 3.63) is 0 Å². The third-order valence-corrected chi connectivity index (χ3v) is 5.24. The fourth-order valence-corrected chi connectivity index (χ4v) is 4.25. The Balaban J connectivity index is 2.76. The lowest BCUT2D eigenvalue weighted by Crippen LogP contribution is -2.51. The largest absolute Gasteiger partial charge is 0.383 e. The highest BCUT2D eigenvalue weighted by molar-refractivity contribution is 7.91. The van der Waals surface area contributed by atoms with Gasteiger partial charge in [-0.15, -0.1) is 0 Å². The molecule has 0 radical (unpaired) electrons. The van der Waals surface area contributed by atoms with E-state index >= 15 is 0 Å². The van der Waals surface area contributed by atoms with Crippen molar-refractivity contribution in [2.45, 2.75) is 38.4 Å². The second-order valence-electron chi connectivity index (χ2n) is 4.80. The molecule has 5 nitrogen and oxygen atoms in total. The van der Waals surface area contributed by atoms with Crippen molar-refractivity contribution in [3.63, 3.8) is 0 Å². The van der Waals surface area contributed by atoms with Crippen molar-refractivity contribution in [1.29, 1.82) is 0 Å². The molecule has 0 amide bonds. The molecule has 3 unspecified atom stereocenters. The van der Waals surface area contributed by atoms with E-state index < -0.39 is 9.84 Å². The number of hydrogen-bond donors (Lipinski definition) is 1. The van der Waals surface area contributed by atoms with Gasteiger partial charge in [-0.1, -0.05) is 6.92 Å². The Kier molecular flexibility index (Phi) is 5.37. The number of ether oxygens (including phenoxy) is 1. The maximum Gasteiger partial charge on any atom is 0.153 e. The van der Waals surface area contributed by atoms with Gasteiger partial charge in [0.25, 0.3) is 0 Å². The van der Waals surface area contributed by atoms with Crippen molar-refractivity contribution in [2.75, 3.05) is 31.8 Å². The van der Waals surface area contributed by atoms with Gasteiger partial charge in [0, 0.05) is 31.8 Å². The van der Waals surface area contributed by atoms with Crippen molar-refractivity contribution in [3.8, 4) is 0 Å². The zero-order valence-electron chi connectivity index (χ0n) is 10.9. The molecule has 1 fully saturated rings. The van der Waals surface area contributed by atoms with Gasteiger partial charge in [0.15, 0.2) is 9.84 Å². The van der Waals surface area contributed by atoms with Gasteiger partial charge in [0.2, 0.25) is 0 Å². The van der Waals surface area contributed by atoms with Crippen LogP contribution in [0.4, 0.5) is 0 Å². The molecule has 17 heavy (non-hydrogen) atoms. The van der Waals surface area contributed by atoms with Crippen LogP contribution in [0.3, 0.4) is 0 Å². The third-order valence-electron chi connectivity index (χ3n) is 3.50. The molecule has 0 saturated carbocycles. The number of sulfone groups is 1. The van der Waals surface area contributed by atoms with Gasteiger partial charge in [-0.05, 0) is 13.3 Å². The van der Waals surface area contributed by atoms with Crippen LogP contribution in [0.25, 0.3) is 0 Å². The Bertz CT molecular complexity index is 332. The summed E-state index contributed by atoms with van der Waals surface area (Å²) >= 11 is 0. The standard InChI is InChI=1S/C11H24N2O3S/c1-4-9(2)13(5-6-16-3)11-8-17(14,15)7-10(11)12/h9-11H,4-8,12H2,1-3H3. The average Bonchev–Trinajstić information content (AvgIpc) is 2.52. The molecule has 1 heterocycles. The van der Waals surface area contributed by atoms with E-state index in [1.807, 2.05) is 0 Å². The highest BCUT2D eigenvalue weighted by Gasteiger charge is 2.39. The van der Waals surface area contributed by atoms with Gasteiger partial charge < -0.3 is 10.5 Å². The molecule has 0 aromatic rings. The second kappa shape index (κ2) is 6.13. The molecule has 1 aliphatic heterocycles. The lowest BCUT2D eigenvalue weighted by Gasteiger charge is -2.35. The first-order chi connectivity index (χ1) is 7.91. The molecule has 102 valence electrons. The van der Waals surface area contributed by atoms with E-state index in [0.717, 1.165) is 13.0 Å². The van der Waals surface area contributed by atoms with Gasteiger partial charge in [0.1, 0.15) is 0 Å². The van der Waals surface area contributed by atoms with Crippen LogP contribution >= 0.6 is 0 Å². The summed E-state index contributed by atoms with van der Waals surface area (Å²) in [4.78, 5) is 2.18. The van der Waals surface area contributed by atoms with E-state index in [0.29, 0.717) is 12.6 Å². The van der Waals surface area contributed by atoms with Crippen LogP contribution in [0, 0.1) is 0 Å². The van der Waals surface area contributed by atoms with E-state index in [2.05, 4.69) is 18.7 Å². The summed E-state index contributed by atoms with van der Waals surface area (Å²) in [6, 6.07) is -0.00884. The molecule has 1 rings (SSSR count). The normalized spacial score (nSPS) is 29.7. The molecule has 0 spiro atoms. The monoisotopic (exact) mass is 264 g/mol. The molecule has 0 aromatic heterocycles. The first-order valence-corrected chi connectivity index (χ1v) is 7.94. The van der Waals surface area contributed by atoms with Crippen molar-refractivity contribution in [1.82, 2.24) is 4.90 Å². The van der Waals surface area contributed by atoms with Crippen LogP contribution in [-0.4, -0.2) is 63.2 Å². The van der Waals surface area contributed by atoms with Crippen molar-refractivity contribution >= 4 is 9.84 Å². The summed E-state index contributed by atoms with van der Waals surface area (Å²) < 4.78 is 28.3. The van der Waals surface area contributed by atoms with Crippen molar-refractivity contribution < 1.29 is 13.2 Å². The predicted molar refractivity (Wildman–Crippen MR) is 68.8 cm³/mol. The number of nitrogens with two attached hydrogens (primary N) is 1. The summed E-state index contributed by atoms with van der Waals surface area (Å²) in [7, 11) is -1.31. The molecular formula is C11H24N2O3S. The van der Waals surface area contributed by atoms with E-state index in [1.165, 1.54) is 0 Å². The Morgan fingerprint density at radius 1 is 1.47 bits per heavy atom. The lowest BCUT2D eigenvalue weighted by atomic mass is 10.1. The minimum absolute atomic E-state index is 0.0647. The first-order valence-electron chi connectivity index (χ1n) is 6.12. The summed E-state index contributed by atoms with van der Waals surface area (Å²) in [5, 5.41) is 0. The van der Waals surface area contributed by atoms with Gasteiger partial charge in [-0.25, -0.2) is 8.42 Å². The zero-order chi connectivity index (χ0) is 13.1. The quantitative estimate of drug-likeness (QED) is 0.723. The fourth-order valence-electron chi connectivity index (χ4n) is 2.34. The Morgan fingerprint density at radius 2 is 2.12 bits per heavy atom. The smallest absolute Gasteiger partial charge is 0.153 e. The average molecular weight is 264 g/mol. The number of rotatable bonds is 6. The third kappa shape index (κ3) is 3.91. The zero-order valence-corrected chi connectivity index (χ0v) is 11.7. The molecule has 0 bridgehead atoms. The molecule has 1 aliphatic rings. The van der Waals surface area contributed by atoms with E-state index in [1.54, 1.807) is 7.11 Å². The van der Waals surface area contributed by atoms with Crippen LogP contribution in [0.15, 0.2) is 0 Å². The Morgan fingerprint density at radius 3 is 2.53 bits per heavy atom. The molecule has 3 atom stereocenters. The van der Waals surface area contributed by atoms with E-state index in [-0.39, 0.29) is 23.6 Å².